The lowest BCUT2D eigenvalue weighted by Gasteiger charge is -2.11. The number of hydrogen-bond acceptors (Lipinski definition) is 3. The Labute approximate surface area is 130 Å². The van der Waals surface area contributed by atoms with Gasteiger partial charge in [-0.3, -0.25) is 4.98 Å². The number of benzene rings is 1. The molecule has 0 radical (unpaired) electrons. The van der Waals surface area contributed by atoms with E-state index in [0.29, 0.717) is 11.8 Å². The van der Waals surface area contributed by atoms with E-state index in [2.05, 4.69) is 20.3 Å². The van der Waals surface area contributed by atoms with Crippen molar-refractivity contribution in [3.8, 4) is 0 Å². The van der Waals surface area contributed by atoms with Crippen molar-refractivity contribution in [2.24, 2.45) is 0 Å². The van der Waals surface area contributed by atoms with E-state index < -0.39 is 29.0 Å². The molecule has 0 fully saturated rings. The summed E-state index contributed by atoms with van der Waals surface area (Å²) in [4.78, 5) is 9.94. The van der Waals surface area contributed by atoms with Gasteiger partial charge in [-0.1, -0.05) is 0 Å². The maximum Gasteiger partial charge on any atom is 0.418 e. The van der Waals surface area contributed by atoms with Gasteiger partial charge in [0.2, 0.25) is 5.95 Å². The van der Waals surface area contributed by atoms with E-state index >= 15 is 0 Å². The molecule has 4 nitrogen and oxygen atoms in total. The van der Waals surface area contributed by atoms with Gasteiger partial charge in [0, 0.05) is 6.20 Å². The molecule has 3 rings (SSSR count). The van der Waals surface area contributed by atoms with E-state index in [-0.39, 0.29) is 17.5 Å². The van der Waals surface area contributed by atoms with Gasteiger partial charge in [-0.15, -0.1) is 0 Å². The highest BCUT2D eigenvalue weighted by atomic mass is 19.4. The molecule has 0 aliphatic carbocycles. The Kier molecular flexibility index (Phi) is 3.61. The molecule has 3 aromatic rings. The standard InChI is InChI=1S/C14H8F6N4/c15-13(16,17)7-4-9(14(18,19)20)11-10(5-7)23-12(24-11)22-8-2-1-3-21-6-8/h1-6H,(H2,22,23,24). The highest BCUT2D eigenvalue weighted by molar-refractivity contribution is 5.83. The van der Waals surface area contributed by atoms with Crippen LogP contribution >= 0.6 is 0 Å². The molecule has 0 aliphatic heterocycles. The molecule has 0 atom stereocenters. The van der Waals surface area contributed by atoms with E-state index in [1.165, 1.54) is 12.4 Å². The van der Waals surface area contributed by atoms with Crippen LogP contribution in [0.2, 0.25) is 0 Å². The lowest BCUT2D eigenvalue weighted by Crippen LogP contribution is -2.11. The molecule has 1 aromatic carbocycles. The van der Waals surface area contributed by atoms with Crippen LogP contribution in [0.1, 0.15) is 11.1 Å². The van der Waals surface area contributed by atoms with Crippen molar-refractivity contribution in [1.82, 2.24) is 15.0 Å². The zero-order valence-electron chi connectivity index (χ0n) is 11.6. The zero-order chi connectivity index (χ0) is 17.5. The van der Waals surface area contributed by atoms with Gasteiger partial charge in [0.15, 0.2) is 0 Å². The van der Waals surface area contributed by atoms with Gasteiger partial charge < -0.3 is 10.3 Å². The molecule has 0 bridgehead atoms. The summed E-state index contributed by atoms with van der Waals surface area (Å²) in [7, 11) is 0. The number of aromatic amines is 1. The normalized spacial score (nSPS) is 12.6. The number of pyridine rings is 1. The molecule has 0 unspecified atom stereocenters. The van der Waals surface area contributed by atoms with Crippen LogP contribution in [-0.4, -0.2) is 15.0 Å². The minimum Gasteiger partial charge on any atom is -0.324 e. The molecule has 0 aliphatic rings. The molecule has 10 heteroatoms. The summed E-state index contributed by atoms with van der Waals surface area (Å²) in [6.07, 6.45) is -7.00. The molecule has 2 heterocycles. The highest BCUT2D eigenvalue weighted by Crippen LogP contribution is 2.39. The van der Waals surface area contributed by atoms with E-state index in [1.54, 1.807) is 12.1 Å². The van der Waals surface area contributed by atoms with Crippen LogP contribution in [0.15, 0.2) is 36.7 Å². The molecule has 2 aromatic heterocycles. The first kappa shape index (κ1) is 16.1. The largest absolute Gasteiger partial charge is 0.418 e. The van der Waals surface area contributed by atoms with E-state index in [0.717, 1.165) is 0 Å². The second kappa shape index (κ2) is 5.39. The first-order chi connectivity index (χ1) is 11.1. The third-order valence-electron chi connectivity index (χ3n) is 3.14. The Balaban J connectivity index is 2.13. The van der Waals surface area contributed by atoms with Crippen molar-refractivity contribution in [3.63, 3.8) is 0 Å². The fourth-order valence-electron chi connectivity index (χ4n) is 2.13. The Hall–Kier alpha value is -2.78. The van der Waals surface area contributed by atoms with Gasteiger partial charge in [-0.05, 0) is 24.3 Å². The maximum atomic E-state index is 13.1. The first-order valence-corrected chi connectivity index (χ1v) is 6.50. The van der Waals surface area contributed by atoms with E-state index in [1.807, 2.05) is 0 Å². The number of nitrogens with zero attached hydrogens (tertiary/aromatic N) is 2. The predicted octanol–water partition coefficient (Wildman–Crippen LogP) is 4.74. The Morgan fingerprint density at radius 1 is 1.00 bits per heavy atom. The van der Waals surface area contributed by atoms with Gasteiger partial charge in [0.25, 0.3) is 0 Å². The van der Waals surface area contributed by atoms with Crippen LogP contribution in [-0.2, 0) is 12.4 Å². The van der Waals surface area contributed by atoms with Crippen molar-refractivity contribution in [2.45, 2.75) is 12.4 Å². The number of halogens is 6. The monoisotopic (exact) mass is 346 g/mol. The number of rotatable bonds is 2. The third kappa shape index (κ3) is 3.12. The van der Waals surface area contributed by atoms with Gasteiger partial charge in [0.05, 0.1) is 28.5 Å². The molecular formula is C14H8F6N4. The molecule has 0 amide bonds. The quantitative estimate of drug-likeness (QED) is 0.659. The number of alkyl halides is 6. The SMILES string of the molecule is FC(F)(F)c1cc(C(F)(F)F)c2nc(Nc3cccnc3)[nH]c2c1. The molecule has 126 valence electrons. The second-order valence-electron chi connectivity index (χ2n) is 4.87. The number of hydrogen-bond donors (Lipinski definition) is 2. The number of aromatic nitrogens is 3. The van der Waals surface area contributed by atoms with Gasteiger partial charge >= 0.3 is 12.4 Å². The summed E-state index contributed by atoms with van der Waals surface area (Å²) in [5.74, 6) is -0.122. The Morgan fingerprint density at radius 3 is 2.33 bits per heavy atom. The first-order valence-electron chi connectivity index (χ1n) is 6.50. The van der Waals surface area contributed by atoms with E-state index in [4.69, 9.17) is 0 Å². The second-order valence-corrected chi connectivity index (χ2v) is 4.87. The summed E-state index contributed by atoms with van der Waals surface area (Å²) in [5, 5.41) is 2.65. The lowest BCUT2D eigenvalue weighted by atomic mass is 10.1. The number of imidazole rings is 1. The van der Waals surface area contributed by atoms with Gasteiger partial charge in [-0.25, -0.2) is 4.98 Å². The summed E-state index contributed by atoms with van der Waals surface area (Å²) in [6, 6.07) is 3.79. The minimum absolute atomic E-state index is 0.0526. The average Bonchev–Trinajstić information content (AvgIpc) is 2.87. The van der Waals surface area contributed by atoms with Crippen molar-refractivity contribution in [2.75, 3.05) is 5.32 Å². The number of fused-ring (bicyclic) bond motifs is 1. The molecule has 0 saturated heterocycles. The highest BCUT2D eigenvalue weighted by Gasteiger charge is 2.39. The maximum absolute atomic E-state index is 13.1. The Bertz CT molecular complexity index is 867. The smallest absolute Gasteiger partial charge is 0.324 e. The predicted molar refractivity (Wildman–Crippen MR) is 73.6 cm³/mol. The van der Waals surface area contributed by atoms with Crippen molar-refractivity contribution >= 4 is 22.7 Å². The van der Waals surface area contributed by atoms with Gasteiger partial charge in [-0.2, -0.15) is 26.3 Å². The molecular weight excluding hydrogens is 338 g/mol. The number of nitrogens with one attached hydrogen (secondary N) is 2. The summed E-state index contributed by atoms with van der Waals surface area (Å²) in [6.45, 7) is 0. The van der Waals surface area contributed by atoms with Crippen molar-refractivity contribution < 1.29 is 26.3 Å². The van der Waals surface area contributed by atoms with Crippen LogP contribution < -0.4 is 5.32 Å². The van der Waals surface area contributed by atoms with E-state index in [9.17, 15) is 26.3 Å². The van der Waals surface area contributed by atoms with Crippen LogP contribution in [0.4, 0.5) is 38.0 Å². The molecule has 0 saturated carbocycles. The fraction of sp³-hybridized carbons (Fsp3) is 0.143. The van der Waals surface area contributed by atoms with Crippen LogP contribution in [0.25, 0.3) is 11.0 Å². The number of H-pyrrole nitrogens is 1. The van der Waals surface area contributed by atoms with Gasteiger partial charge in [0.1, 0.15) is 5.52 Å². The molecule has 24 heavy (non-hydrogen) atoms. The fourth-order valence-corrected chi connectivity index (χ4v) is 2.13. The summed E-state index contributed by atoms with van der Waals surface area (Å²) in [5.41, 5.74) is -3.41. The van der Waals surface area contributed by atoms with Crippen LogP contribution in [0, 0.1) is 0 Å². The van der Waals surface area contributed by atoms with Crippen LogP contribution in [0.3, 0.4) is 0 Å². The summed E-state index contributed by atoms with van der Waals surface area (Å²) >= 11 is 0. The average molecular weight is 346 g/mol. The minimum atomic E-state index is -4.97. The number of anilines is 2. The van der Waals surface area contributed by atoms with Crippen molar-refractivity contribution in [3.05, 3.63) is 47.8 Å². The zero-order valence-corrected chi connectivity index (χ0v) is 11.6. The van der Waals surface area contributed by atoms with Crippen LogP contribution in [0.5, 0.6) is 0 Å². The Morgan fingerprint density at radius 2 is 1.75 bits per heavy atom. The lowest BCUT2D eigenvalue weighted by molar-refractivity contribution is -0.142. The topological polar surface area (TPSA) is 53.6 Å². The summed E-state index contributed by atoms with van der Waals surface area (Å²) < 4.78 is 77.6. The van der Waals surface area contributed by atoms with Crippen molar-refractivity contribution in [1.29, 1.82) is 0 Å². The molecule has 0 spiro atoms. The molecule has 2 N–H and O–H groups in total. The third-order valence-corrected chi connectivity index (χ3v) is 3.14.